The van der Waals surface area contributed by atoms with E-state index in [0.717, 1.165) is 5.56 Å². The van der Waals surface area contributed by atoms with Gasteiger partial charge in [0, 0.05) is 12.3 Å². The molecule has 0 aliphatic carbocycles. The molecular formula is C14H16O. The summed E-state index contributed by atoms with van der Waals surface area (Å²) in [6.45, 7) is 3.78. The van der Waals surface area contributed by atoms with E-state index in [1.807, 2.05) is 44.2 Å². The van der Waals surface area contributed by atoms with Crippen LogP contribution < -0.4 is 0 Å². The van der Waals surface area contributed by atoms with Crippen LogP contribution in [0.25, 0.3) is 0 Å². The van der Waals surface area contributed by atoms with Gasteiger partial charge in [0.2, 0.25) is 0 Å². The Morgan fingerprint density at radius 1 is 1.40 bits per heavy atom. The fourth-order valence-corrected chi connectivity index (χ4v) is 1.70. The number of ketones is 1. The molecule has 0 aliphatic heterocycles. The number of rotatable bonds is 4. The molecule has 0 radical (unpaired) electrons. The van der Waals surface area contributed by atoms with Crippen molar-refractivity contribution in [2.75, 3.05) is 0 Å². The van der Waals surface area contributed by atoms with Crippen LogP contribution in [-0.4, -0.2) is 5.78 Å². The number of hydrogen-bond acceptors (Lipinski definition) is 1. The molecule has 0 spiro atoms. The zero-order chi connectivity index (χ0) is 11.3. The Labute approximate surface area is 91.5 Å². The minimum absolute atomic E-state index is 0.0950. The van der Waals surface area contributed by atoms with Crippen molar-refractivity contribution in [3.05, 3.63) is 35.9 Å². The van der Waals surface area contributed by atoms with E-state index in [1.165, 1.54) is 0 Å². The standard InChI is InChI=1S/C14H16O/c1-4-13(11(3)14(15)5-2)12-9-7-6-8-10-12/h1,6-11,13H,5H2,2-3H3/t11-,13-/m0/s1. The number of Topliss-reactive ketones (excluding diaryl/α,β-unsaturated/α-hetero) is 1. The molecule has 0 saturated carbocycles. The van der Waals surface area contributed by atoms with E-state index in [9.17, 15) is 4.79 Å². The Kier molecular flexibility index (Phi) is 4.12. The smallest absolute Gasteiger partial charge is 0.136 e. The highest BCUT2D eigenvalue weighted by Gasteiger charge is 2.21. The van der Waals surface area contributed by atoms with Crippen molar-refractivity contribution in [3.63, 3.8) is 0 Å². The fourth-order valence-electron chi connectivity index (χ4n) is 1.70. The molecule has 0 aliphatic rings. The maximum atomic E-state index is 11.6. The first-order valence-corrected chi connectivity index (χ1v) is 5.24. The number of benzene rings is 1. The second-order valence-electron chi connectivity index (χ2n) is 3.66. The van der Waals surface area contributed by atoms with Crippen molar-refractivity contribution in [2.45, 2.75) is 26.2 Å². The molecule has 2 atom stereocenters. The van der Waals surface area contributed by atoms with Gasteiger partial charge < -0.3 is 0 Å². The molecule has 1 aromatic carbocycles. The first-order valence-electron chi connectivity index (χ1n) is 5.24. The highest BCUT2D eigenvalue weighted by atomic mass is 16.1. The quantitative estimate of drug-likeness (QED) is 0.683. The topological polar surface area (TPSA) is 17.1 Å². The van der Waals surface area contributed by atoms with Gasteiger partial charge in [-0.15, -0.1) is 6.42 Å². The van der Waals surface area contributed by atoms with Gasteiger partial charge in [0.25, 0.3) is 0 Å². The van der Waals surface area contributed by atoms with Crippen molar-refractivity contribution in [2.24, 2.45) is 5.92 Å². The summed E-state index contributed by atoms with van der Waals surface area (Å²) < 4.78 is 0. The van der Waals surface area contributed by atoms with Gasteiger partial charge in [0.15, 0.2) is 0 Å². The lowest BCUT2D eigenvalue weighted by atomic mass is 9.84. The maximum absolute atomic E-state index is 11.6. The summed E-state index contributed by atoms with van der Waals surface area (Å²) in [5.74, 6) is 2.74. The van der Waals surface area contributed by atoms with Crippen LogP contribution in [0.3, 0.4) is 0 Å². The molecule has 1 rings (SSSR count). The Bertz CT molecular complexity index is 359. The molecule has 0 heterocycles. The highest BCUT2D eigenvalue weighted by molar-refractivity contribution is 5.81. The minimum Gasteiger partial charge on any atom is -0.299 e. The second-order valence-corrected chi connectivity index (χ2v) is 3.66. The lowest BCUT2D eigenvalue weighted by Gasteiger charge is -2.17. The van der Waals surface area contributed by atoms with Crippen LogP contribution in [0.4, 0.5) is 0 Å². The fraction of sp³-hybridized carbons (Fsp3) is 0.357. The summed E-state index contributed by atoms with van der Waals surface area (Å²) in [4.78, 5) is 11.6. The van der Waals surface area contributed by atoms with Crippen molar-refractivity contribution < 1.29 is 4.79 Å². The molecule has 1 heteroatoms. The second kappa shape index (κ2) is 5.36. The molecule has 78 valence electrons. The zero-order valence-corrected chi connectivity index (χ0v) is 9.23. The summed E-state index contributed by atoms with van der Waals surface area (Å²) in [6.07, 6.45) is 6.04. The van der Waals surface area contributed by atoms with E-state index < -0.39 is 0 Å². The third-order valence-corrected chi connectivity index (χ3v) is 2.69. The van der Waals surface area contributed by atoms with Crippen LogP contribution in [0, 0.1) is 18.3 Å². The molecule has 15 heavy (non-hydrogen) atoms. The van der Waals surface area contributed by atoms with E-state index in [4.69, 9.17) is 6.42 Å². The SMILES string of the molecule is C#C[C@H](c1ccccc1)[C@H](C)C(=O)CC. The van der Waals surface area contributed by atoms with E-state index in [2.05, 4.69) is 5.92 Å². The maximum Gasteiger partial charge on any atom is 0.136 e. The molecular weight excluding hydrogens is 184 g/mol. The molecule has 0 aromatic heterocycles. The minimum atomic E-state index is -0.0985. The molecule has 1 aromatic rings. The first kappa shape index (κ1) is 11.5. The van der Waals surface area contributed by atoms with Gasteiger partial charge in [-0.25, -0.2) is 0 Å². The summed E-state index contributed by atoms with van der Waals surface area (Å²) in [5, 5.41) is 0. The van der Waals surface area contributed by atoms with Crippen LogP contribution in [0.1, 0.15) is 31.7 Å². The zero-order valence-electron chi connectivity index (χ0n) is 9.23. The Morgan fingerprint density at radius 3 is 2.47 bits per heavy atom. The average Bonchev–Trinajstić information content (AvgIpc) is 2.30. The highest BCUT2D eigenvalue weighted by Crippen LogP contribution is 2.25. The number of hydrogen-bond donors (Lipinski definition) is 0. The average molecular weight is 200 g/mol. The molecule has 0 fully saturated rings. The summed E-state index contributed by atoms with van der Waals surface area (Å²) in [6, 6.07) is 9.79. The largest absolute Gasteiger partial charge is 0.299 e. The monoisotopic (exact) mass is 200 g/mol. The molecule has 0 bridgehead atoms. The van der Waals surface area contributed by atoms with Gasteiger partial charge in [0.1, 0.15) is 5.78 Å². The third kappa shape index (κ3) is 2.70. The summed E-state index contributed by atoms with van der Waals surface area (Å²) in [5.41, 5.74) is 1.05. The number of carbonyl (C=O) groups is 1. The third-order valence-electron chi connectivity index (χ3n) is 2.69. The van der Waals surface area contributed by atoms with Gasteiger partial charge in [-0.2, -0.15) is 0 Å². The summed E-state index contributed by atoms with van der Waals surface area (Å²) >= 11 is 0. The van der Waals surface area contributed by atoms with Gasteiger partial charge >= 0.3 is 0 Å². The normalized spacial score (nSPS) is 13.9. The van der Waals surface area contributed by atoms with Crippen molar-refractivity contribution in [1.29, 1.82) is 0 Å². The van der Waals surface area contributed by atoms with E-state index in [1.54, 1.807) is 0 Å². The van der Waals surface area contributed by atoms with Crippen LogP contribution in [0.5, 0.6) is 0 Å². The van der Waals surface area contributed by atoms with E-state index >= 15 is 0 Å². The number of terminal acetylenes is 1. The predicted molar refractivity (Wildman–Crippen MR) is 62.5 cm³/mol. The van der Waals surface area contributed by atoms with Gasteiger partial charge in [0.05, 0.1) is 5.92 Å². The van der Waals surface area contributed by atoms with Gasteiger partial charge in [-0.05, 0) is 5.56 Å². The van der Waals surface area contributed by atoms with Crippen LogP contribution in [-0.2, 0) is 4.79 Å². The van der Waals surface area contributed by atoms with Crippen molar-refractivity contribution in [3.8, 4) is 12.3 Å². The Balaban J connectivity index is 2.91. The van der Waals surface area contributed by atoms with Crippen LogP contribution >= 0.6 is 0 Å². The molecule has 0 amide bonds. The lowest BCUT2D eigenvalue weighted by molar-refractivity contribution is -0.122. The Morgan fingerprint density at radius 2 is 2.00 bits per heavy atom. The molecule has 0 unspecified atom stereocenters. The summed E-state index contributed by atoms with van der Waals surface area (Å²) in [7, 11) is 0. The van der Waals surface area contributed by atoms with Crippen molar-refractivity contribution in [1.82, 2.24) is 0 Å². The van der Waals surface area contributed by atoms with Gasteiger partial charge in [-0.3, -0.25) is 4.79 Å². The molecule has 0 N–H and O–H groups in total. The molecule has 0 saturated heterocycles. The lowest BCUT2D eigenvalue weighted by Crippen LogP contribution is -2.17. The first-order chi connectivity index (χ1) is 7.20. The Hall–Kier alpha value is -1.55. The molecule has 1 nitrogen and oxygen atoms in total. The number of carbonyl (C=O) groups excluding carboxylic acids is 1. The van der Waals surface area contributed by atoms with Crippen molar-refractivity contribution >= 4 is 5.78 Å². The van der Waals surface area contributed by atoms with Crippen LogP contribution in [0.2, 0.25) is 0 Å². The van der Waals surface area contributed by atoms with E-state index in [-0.39, 0.29) is 17.6 Å². The van der Waals surface area contributed by atoms with E-state index in [0.29, 0.717) is 6.42 Å². The predicted octanol–water partition coefficient (Wildman–Crippen LogP) is 3.02. The van der Waals surface area contributed by atoms with Crippen LogP contribution in [0.15, 0.2) is 30.3 Å². The van der Waals surface area contributed by atoms with Gasteiger partial charge in [-0.1, -0.05) is 50.1 Å².